The Morgan fingerprint density at radius 1 is 1.03 bits per heavy atom. The fraction of sp³-hybridized carbons (Fsp3) is 0.261. The fourth-order valence-electron chi connectivity index (χ4n) is 3.58. The van der Waals surface area contributed by atoms with Gasteiger partial charge in [0.25, 0.3) is 11.8 Å². The zero-order valence-electron chi connectivity index (χ0n) is 18.2. The van der Waals surface area contributed by atoms with Crippen molar-refractivity contribution in [1.82, 2.24) is 15.1 Å². The van der Waals surface area contributed by atoms with Crippen LogP contribution >= 0.6 is 46.3 Å². The molecule has 0 radical (unpaired) electrons. The molecule has 0 spiro atoms. The number of hydrogen-bond donors (Lipinski definition) is 1. The molecule has 1 atom stereocenters. The first-order valence-electron chi connectivity index (χ1n) is 10.4. The molecule has 1 aromatic heterocycles. The van der Waals surface area contributed by atoms with E-state index in [4.69, 9.17) is 23.2 Å². The number of fused-ring (bicyclic) bond motifs is 1. The summed E-state index contributed by atoms with van der Waals surface area (Å²) < 4.78 is 0.618. The summed E-state index contributed by atoms with van der Waals surface area (Å²) in [5, 5.41) is 12.3. The topological polar surface area (TPSA) is 92.3 Å². The first kappa shape index (κ1) is 24.7. The minimum atomic E-state index is -0.964. The number of benzene rings is 2. The average Bonchev–Trinajstić information content (AvgIpc) is 3.34. The van der Waals surface area contributed by atoms with Crippen LogP contribution in [0.5, 0.6) is 0 Å². The van der Waals surface area contributed by atoms with Crippen LogP contribution < -0.4 is 5.32 Å². The second-order valence-corrected chi connectivity index (χ2v) is 11.0. The van der Waals surface area contributed by atoms with Crippen LogP contribution in [0.25, 0.3) is 0 Å². The summed E-state index contributed by atoms with van der Waals surface area (Å²) in [6.07, 6.45) is 0.322. The van der Waals surface area contributed by atoms with Crippen molar-refractivity contribution in [2.24, 2.45) is 5.92 Å². The van der Waals surface area contributed by atoms with E-state index in [9.17, 15) is 14.4 Å². The minimum absolute atomic E-state index is 0.0703. The van der Waals surface area contributed by atoms with Gasteiger partial charge in [0.15, 0.2) is 4.34 Å². The summed E-state index contributed by atoms with van der Waals surface area (Å²) in [5.74, 6) is -0.851. The van der Waals surface area contributed by atoms with Gasteiger partial charge in [-0.1, -0.05) is 78.3 Å². The van der Waals surface area contributed by atoms with Crippen molar-refractivity contribution in [3.63, 3.8) is 0 Å². The van der Waals surface area contributed by atoms with Crippen LogP contribution in [-0.2, 0) is 10.5 Å². The van der Waals surface area contributed by atoms with Gasteiger partial charge in [-0.15, -0.1) is 10.2 Å². The van der Waals surface area contributed by atoms with Crippen molar-refractivity contribution in [2.75, 3.05) is 5.32 Å². The van der Waals surface area contributed by atoms with Gasteiger partial charge in [-0.05, 0) is 42.2 Å². The SMILES string of the molecule is CC(C)C[C@@H](C(=O)Nc1nnc(SCc2c(Cl)cccc2Cl)s1)N1C(=O)c2ccccc2C1=O. The monoisotopic (exact) mass is 534 g/mol. The molecular formula is C23H20Cl2N4O3S2. The van der Waals surface area contributed by atoms with E-state index < -0.39 is 23.8 Å². The molecule has 1 aliphatic heterocycles. The lowest BCUT2D eigenvalue weighted by Crippen LogP contribution is -2.47. The van der Waals surface area contributed by atoms with Gasteiger partial charge in [0.1, 0.15) is 6.04 Å². The molecule has 0 fully saturated rings. The molecule has 1 aliphatic rings. The van der Waals surface area contributed by atoms with E-state index in [1.54, 1.807) is 42.5 Å². The number of anilines is 1. The standard InChI is InChI=1S/C23H20Cl2N4O3S2/c1-12(2)10-18(29-20(31)13-6-3-4-7-14(13)21(29)32)19(30)26-22-27-28-23(34-22)33-11-15-16(24)8-5-9-17(15)25/h3-9,12,18H,10-11H2,1-2H3,(H,26,27,30)/t18-/m0/s1. The van der Waals surface area contributed by atoms with Crippen LogP contribution in [0.2, 0.25) is 10.0 Å². The second-order valence-electron chi connectivity index (χ2n) is 8.02. The summed E-state index contributed by atoms with van der Waals surface area (Å²) in [6, 6.07) is 10.9. The summed E-state index contributed by atoms with van der Waals surface area (Å²) in [6.45, 7) is 3.86. The number of imide groups is 1. The van der Waals surface area contributed by atoms with Crippen LogP contribution in [0.3, 0.4) is 0 Å². The maximum Gasteiger partial charge on any atom is 0.262 e. The Balaban J connectivity index is 1.48. The van der Waals surface area contributed by atoms with Gasteiger partial charge in [-0.2, -0.15) is 0 Å². The third-order valence-electron chi connectivity index (χ3n) is 5.17. The Morgan fingerprint density at radius 3 is 2.24 bits per heavy atom. The third-order valence-corrected chi connectivity index (χ3v) is 7.88. The molecule has 0 aliphatic carbocycles. The number of amides is 3. The highest BCUT2D eigenvalue weighted by Gasteiger charge is 2.43. The summed E-state index contributed by atoms with van der Waals surface area (Å²) >= 11 is 15.0. The fourth-order valence-corrected chi connectivity index (χ4v) is 6.08. The van der Waals surface area contributed by atoms with Gasteiger partial charge in [0.2, 0.25) is 11.0 Å². The number of nitrogens with one attached hydrogen (secondary N) is 1. The highest BCUT2D eigenvalue weighted by atomic mass is 35.5. The molecule has 0 saturated carbocycles. The number of aromatic nitrogens is 2. The number of halogens is 2. The number of carbonyl (C=O) groups excluding carboxylic acids is 3. The van der Waals surface area contributed by atoms with E-state index in [1.165, 1.54) is 23.1 Å². The molecule has 0 bridgehead atoms. The molecule has 0 saturated heterocycles. The molecule has 2 heterocycles. The largest absolute Gasteiger partial charge is 0.299 e. The molecule has 34 heavy (non-hydrogen) atoms. The van der Waals surface area contributed by atoms with Crippen molar-refractivity contribution in [3.8, 4) is 0 Å². The first-order valence-corrected chi connectivity index (χ1v) is 13.0. The lowest BCUT2D eigenvalue weighted by molar-refractivity contribution is -0.120. The van der Waals surface area contributed by atoms with Crippen LogP contribution in [-0.4, -0.2) is 38.9 Å². The molecule has 1 N–H and O–H groups in total. The highest BCUT2D eigenvalue weighted by Crippen LogP contribution is 2.34. The van der Waals surface area contributed by atoms with E-state index in [0.717, 1.165) is 10.5 Å². The van der Waals surface area contributed by atoms with Gasteiger partial charge >= 0.3 is 0 Å². The van der Waals surface area contributed by atoms with Gasteiger partial charge in [-0.3, -0.25) is 24.6 Å². The van der Waals surface area contributed by atoms with Crippen molar-refractivity contribution in [2.45, 2.75) is 36.4 Å². The Hall–Kier alpha value is -2.46. The van der Waals surface area contributed by atoms with Crippen LogP contribution in [0.15, 0.2) is 46.8 Å². The normalized spacial score (nSPS) is 14.0. The molecule has 176 valence electrons. The summed E-state index contributed by atoms with van der Waals surface area (Å²) in [7, 11) is 0. The first-order chi connectivity index (χ1) is 16.3. The summed E-state index contributed by atoms with van der Waals surface area (Å²) in [4.78, 5) is 40.1. The predicted octanol–water partition coefficient (Wildman–Crippen LogP) is 5.79. The Labute approximate surface area is 214 Å². The minimum Gasteiger partial charge on any atom is -0.299 e. The van der Waals surface area contributed by atoms with Crippen molar-refractivity contribution < 1.29 is 14.4 Å². The number of nitrogens with zero attached hydrogens (tertiary/aromatic N) is 3. The Bertz CT molecular complexity index is 1210. The molecule has 11 heteroatoms. The predicted molar refractivity (Wildman–Crippen MR) is 135 cm³/mol. The van der Waals surface area contributed by atoms with Crippen molar-refractivity contribution in [3.05, 3.63) is 69.2 Å². The molecule has 7 nitrogen and oxygen atoms in total. The maximum absolute atomic E-state index is 13.2. The number of rotatable bonds is 8. The number of hydrogen-bond acceptors (Lipinski definition) is 7. The Morgan fingerprint density at radius 2 is 1.65 bits per heavy atom. The van der Waals surface area contributed by atoms with Gasteiger partial charge in [0, 0.05) is 15.8 Å². The molecule has 3 amide bonds. The zero-order chi connectivity index (χ0) is 24.4. The highest BCUT2D eigenvalue weighted by molar-refractivity contribution is 8.00. The lowest BCUT2D eigenvalue weighted by Gasteiger charge is -2.26. The van der Waals surface area contributed by atoms with Gasteiger partial charge < -0.3 is 0 Å². The van der Waals surface area contributed by atoms with E-state index in [0.29, 0.717) is 37.7 Å². The van der Waals surface area contributed by atoms with Crippen LogP contribution in [0.4, 0.5) is 5.13 Å². The Kier molecular flexibility index (Phi) is 7.57. The molecule has 2 aromatic carbocycles. The van der Waals surface area contributed by atoms with E-state index in [-0.39, 0.29) is 11.0 Å². The number of thioether (sulfide) groups is 1. The smallest absolute Gasteiger partial charge is 0.262 e. The molecular weight excluding hydrogens is 515 g/mol. The third kappa shape index (κ3) is 5.12. The van der Waals surface area contributed by atoms with Crippen molar-refractivity contribution in [1.29, 1.82) is 0 Å². The van der Waals surface area contributed by atoms with Crippen molar-refractivity contribution >= 4 is 69.2 Å². The van der Waals surface area contributed by atoms with Gasteiger partial charge in [0.05, 0.1) is 11.1 Å². The molecule has 4 rings (SSSR count). The molecule has 0 unspecified atom stereocenters. The van der Waals surface area contributed by atoms with E-state index in [2.05, 4.69) is 15.5 Å². The second kappa shape index (κ2) is 10.4. The number of carbonyl (C=O) groups is 3. The van der Waals surface area contributed by atoms with Gasteiger partial charge in [-0.25, -0.2) is 0 Å². The molecule has 3 aromatic rings. The lowest BCUT2D eigenvalue weighted by atomic mass is 10.0. The van der Waals surface area contributed by atoms with Crippen LogP contribution in [0.1, 0.15) is 46.5 Å². The maximum atomic E-state index is 13.2. The zero-order valence-corrected chi connectivity index (χ0v) is 21.4. The van der Waals surface area contributed by atoms with Crippen LogP contribution in [0, 0.1) is 5.92 Å². The summed E-state index contributed by atoms with van der Waals surface area (Å²) in [5.41, 5.74) is 1.41. The quantitative estimate of drug-likeness (QED) is 0.223. The average molecular weight is 535 g/mol. The van der Waals surface area contributed by atoms with E-state index >= 15 is 0 Å². The van der Waals surface area contributed by atoms with E-state index in [1.807, 2.05) is 13.8 Å².